The molecule has 1 heterocycles. The van der Waals surface area contributed by atoms with Crippen LogP contribution in [0.1, 0.15) is 24.2 Å². The minimum Gasteiger partial charge on any atom is -0.397 e. The van der Waals surface area contributed by atoms with Crippen LogP contribution in [-0.4, -0.2) is 50.6 Å². The summed E-state index contributed by atoms with van der Waals surface area (Å²) in [6, 6.07) is 6.03. The van der Waals surface area contributed by atoms with Gasteiger partial charge in [-0.25, -0.2) is 0 Å². The number of benzene rings is 1. The highest BCUT2D eigenvalue weighted by atomic mass is 16.1. The highest BCUT2D eigenvalue weighted by Crippen LogP contribution is 2.31. The van der Waals surface area contributed by atoms with Gasteiger partial charge in [-0.2, -0.15) is 0 Å². The van der Waals surface area contributed by atoms with E-state index in [0.717, 1.165) is 24.5 Å². The number of carbonyl (C=O) groups excluding carboxylic acids is 1. The van der Waals surface area contributed by atoms with Crippen molar-refractivity contribution in [3.63, 3.8) is 0 Å². The summed E-state index contributed by atoms with van der Waals surface area (Å²) in [4.78, 5) is 16.5. The molecule has 1 aromatic rings. The Hall–Kier alpha value is -1.75. The summed E-state index contributed by atoms with van der Waals surface area (Å²) in [7, 11) is 4.22. The molecule has 0 radical (unpaired) electrons. The molecule has 2 rings (SSSR count). The number of amides is 1. The summed E-state index contributed by atoms with van der Waals surface area (Å²) in [6.07, 6.45) is 0. The second kappa shape index (κ2) is 6.35. The van der Waals surface area contributed by atoms with Gasteiger partial charge in [0.2, 0.25) is 0 Å². The highest BCUT2D eigenvalue weighted by molar-refractivity contribution is 5.96. The first kappa shape index (κ1) is 15.6. The van der Waals surface area contributed by atoms with E-state index in [1.165, 1.54) is 0 Å². The molecule has 0 aliphatic carbocycles. The van der Waals surface area contributed by atoms with Crippen molar-refractivity contribution in [1.82, 2.24) is 10.2 Å². The summed E-state index contributed by atoms with van der Waals surface area (Å²) < 4.78 is 0. The number of hydrogen-bond donors (Lipinski definition) is 2. The van der Waals surface area contributed by atoms with Crippen molar-refractivity contribution >= 4 is 17.3 Å². The van der Waals surface area contributed by atoms with E-state index in [-0.39, 0.29) is 5.91 Å². The maximum Gasteiger partial charge on any atom is 0.251 e. The topological polar surface area (TPSA) is 61.6 Å². The zero-order chi connectivity index (χ0) is 15.6. The smallest absolute Gasteiger partial charge is 0.251 e. The number of rotatable bonds is 4. The van der Waals surface area contributed by atoms with Gasteiger partial charge in [-0.05, 0) is 45.1 Å². The fourth-order valence-electron chi connectivity index (χ4n) is 3.04. The molecule has 1 amide bonds. The Kier molecular flexibility index (Phi) is 4.73. The Labute approximate surface area is 127 Å². The molecule has 0 spiro atoms. The first-order chi connectivity index (χ1) is 9.93. The molecular weight excluding hydrogens is 264 g/mol. The summed E-state index contributed by atoms with van der Waals surface area (Å²) >= 11 is 0. The lowest BCUT2D eigenvalue weighted by atomic mass is 10.1. The van der Waals surface area contributed by atoms with Gasteiger partial charge >= 0.3 is 0 Å². The second-order valence-corrected chi connectivity index (χ2v) is 6.05. The SMILES string of the molecule is CCNC(=O)c1ccc(N)c(N2CC(C)C(N(C)C)C2)c1. The van der Waals surface area contributed by atoms with Crippen LogP contribution in [-0.2, 0) is 0 Å². The van der Waals surface area contributed by atoms with E-state index in [9.17, 15) is 4.79 Å². The van der Waals surface area contributed by atoms with Gasteiger partial charge in [-0.3, -0.25) is 4.79 Å². The number of hydrogen-bond acceptors (Lipinski definition) is 4. The van der Waals surface area contributed by atoms with Gasteiger partial charge in [-0.1, -0.05) is 6.92 Å². The number of nitrogens with one attached hydrogen (secondary N) is 1. The van der Waals surface area contributed by atoms with Gasteiger partial charge in [0.1, 0.15) is 0 Å². The summed E-state index contributed by atoms with van der Waals surface area (Å²) in [5.74, 6) is 0.530. The number of nitrogen functional groups attached to an aromatic ring is 1. The molecule has 2 unspecified atom stereocenters. The lowest BCUT2D eigenvalue weighted by Crippen LogP contribution is -2.34. The van der Waals surface area contributed by atoms with Crippen LogP contribution in [0.15, 0.2) is 18.2 Å². The standard InChI is InChI=1S/C16H26N4O/c1-5-18-16(21)12-6-7-13(17)14(8-12)20-9-11(2)15(10-20)19(3)4/h6-8,11,15H,5,9-10,17H2,1-4H3,(H,18,21). The van der Waals surface area contributed by atoms with Crippen LogP contribution in [0, 0.1) is 5.92 Å². The maximum absolute atomic E-state index is 12.0. The molecule has 1 saturated heterocycles. The first-order valence-electron chi connectivity index (χ1n) is 7.53. The van der Waals surface area contributed by atoms with E-state index < -0.39 is 0 Å². The number of anilines is 2. The Morgan fingerprint density at radius 3 is 2.71 bits per heavy atom. The molecule has 1 aliphatic heterocycles. The van der Waals surface area contributed by atoms with Gasteiger partial charge in [0.15, 0.2) is 0 Å². The minimum atomic E-state index is -0.0462. The van der Waals surface area contributed by atoms with E-state index in [1.807, 2.05) is 19.1 Å². The Balaban J connectivity index is 2.24. The number of nitrogens with zero attached hydrogens (tertiary/aromatic N) is 2. The molecule has 0 saturated carbocycles. The molecule has 116 valence electrons. The predicted octanol–water partition coefficient (Wildman–Crippen LogP) is 1.40. The Morgan fingerprint density at radius 2 is 2.14 bits per heavy atom. The van der Waals surface area contributed by atoms with Crippen molar-refractivity contribution in [2.24, 2.45) is 5.92 Å². The highest BCUT2D eigenvalue weighted by Gasteiger charge is 2.32. The molecule has 5 nitrogen and oxygen atoms in total. The molecule has 5 heteroatoms. The van der Waals surface area contributed by atoms with Crippen molar-refractivity contribution in [2.45, 2.75) is 19.9 Å². The van der Waals surface area contributed by atoms with E-state index in [4.69, 9.17) is 5.73 Å². The van der Waals surface area contributed by atoms with E-state index in [0.29, 0.717) is 24.1 Å². The molecular formula is C16H26N4O. The fourth-order valence-corrected chi connectivity index (χ4v) is 3.04. The minimum absolute atomic E-state index is 0.0462. The lowest BCUT2D eigenvalue weighted by molar-refractivity contribution is 0.0956. The van der Waals surface area contributed by atoms with Crippen LogP contribution in [0.4, 0.5) is 11.4 Å². The molecule has 1 aromatic carbocycles. The van der Waals surface area contributed by atoms with Crippen molar-refractivity contribution in [1.29, 1.82) is 0 Å². The van der Waals surface area contributed by atoms with Crippen LogP contribution in [0.25, 0.3) is 0 Å². The molecule has 0 aromatic heterocycles. The molecule has 21 heavy (non-hydrogen) atoms. The zero-order valence-electron chi connectivity index (χ0n) is 13.4. The van der Waals surface area contributed by atoms with E-state index in [1.54, 1.807) is 6.07 Å². The zero-order valence-corrected chi connectivity index (χ0v) is 13.4. The van der Waals surface area contributed by atoms with Crippen LogP contribution >= 0.6 is 0 Å². The van der Waals surface area contributed by atoms with E-state index in [2.05, 4.69) is 36.1 Å². The average Bonchev–Trinajstić information content (AvgIpc) is 2.81. The van der Waals surface area contributed by atoms with Crippen LogP contribution in [0.2, 0.25) is 0 Å². The van der Waals surface area contributed by atoms with Crippen molar-refractivity contribution in [3.05, 3.63) is 23.8 Å². The van der Waals surface area contributed by atoms with Gasteiger partial charge in [0.05, 0.1) is 11.4 Å². The molecule has 3 N–H and O–H groups in total. The van der Waals surface area contributed by atoms with E-state index >= 15 is 0 Å². The summed E-state index contributed by atoms with van der Waals surface area (Å²) in [5.41, 5.74) is 8.49. The molecule has 2 atom stereocenters. The second-order valence-electron chi connectivity index (χ2n) is 6.05. The van der Waals surface area contributed by atoms with Gasteiger partial charge in [-0.15, -0.1) is 0 Å². The van der Waals surface area contributed by atoms with Gasteiger partial charge < -0.3 is 20.9 Å². The van der Waals surface area contributed by atoms with Crippen molar-refractivity contribution < 1.29 is 4.79 Å². The predicted molar refractivity (Wildman–Crippen MR) is 87.7 cm³/mol. The Bertz CT molecular complexity index is 515. The van der Waals surface area contributed by atoms with Crippen LogP contribution in [0.3, 0.4) is 0 Å². The third-order valence-electron chi connectivity index (χ3n) is 4.21. The molecule has 1 aliphatic rings. The van der Waals surface area contributed by atoms with Gasteiger partial charge in [0, 0.05) is 31.2 Å². The van der Waals surface area contributed by atoms with Gasteiger partial charge in [0.25, 0.3) is 5.91 Å². The third kappa shape index (κ3) is 3.29. The quantitative estimate of drug-likeness (QED) is 0.823. The third-order valence-corrected chi connectivity index (χ3v) is 4.21. The van der Waals surface area contributed by atoms with Crippen LogP contribution in [0.5, 0.6) is 0 Å². The number of nitrogens with two attached hydrogens (primary N) is 1. The fraction of sp³-hybridized carbons (Fsp3) is 0.562. The number of carbonyl (C=O) groups is 1. The van der Waals surface area contributed by atoms with Crippen molar-refractivity contribution in [2.75, 3.05) is 44.4 Å². The monoisotopic (exact) mass is 290 g/mol. The molecule has 1 fully saturated rings. The largest absolute Gasteiger partial charge is 0.397 e. The first-order valence-corrected chi connectivity index (χ1v) is 7.53. The Morgan fingerprint density at radius 1 is 1.43 bits per heavy atom. The van der Waals surface area contributed by atoms with Crippen molar-refractivity contribution in [3.8, 4) is 0 Å². The summed E-state index contributed by atoms with van der Waals surface area (Å²) in [5, 5.41) is 2.83. The van der Waals surface area contributed by atoms with Crippen LogP contribution < -0.4 is 16.0 Å². The normalized spacial score (nSPS) is 21.9. The summed E-state index contributed by atoms with van der Waals surface area (Å²) in [6.45, 7) is 6.71. The number of likely N-dealkylation sites (N-methyl/N-ethyl adjacent to an activating group) is 1. The maximum atomic E-state index is 12.0. The lowest BCUT2D eigenvalue weighted by Gasteiger charge is -2.24. The molecule has 0 bridgehead atoms. The average molecular weight is 290 g/mol.